The highest BCUT2D eigenvalue weighted by Crippen LogP contribution is 2.81. The smallest absolute Gasteiger partial charge is 0.182 e. The monoisotopic (exact) mass is 420 g/mol. The minimum Gasteiger partial charge on any atom is -1.00 e. The molecular formula is C16H28BIP2. The Morgan fingerprint density at radius 2 is 1.05 bits per heavy atom. The number of halogens is 1. The summed E-state index contributed by atoms with van der Waals surface area (Å²) >= 11 is 0. The van der Waals surface area contributed by atoms with Crippen molar-refractivity contribution in [3.05, 3.63) is 24.3 Å². The molecule has 20 heavy (non-hydrogen) atoms. The summed E-state index contributed by atoms with van der Waals surface area (Å²) in [6.45, 7) is 22.5. The lowest BCUT2D eigenvalue weighted by atomic mass is 10.2. The zero-order chi connectivity index (χ0) is 14.7. The normalized spacial score (nSPS) is 29.8. The van der Waals surface area contributed by atoms with Crippen molar-refractivity contribution in [1.82, 2.24) is 0 Å². The number of fused-ring (bicyclic) bond motifs is 1. The van der Waals surface area contributed by atoms with Gasteiger partial charge in [0.2, 0.25) is 0 Å². The highest BCUT2D eigenvalue weighted by atomic mass is 127. The third-order valence-electron chi connectivity index (χ3n) is 5.13. The van der Waals surface area contributed by atoms with Crippen molar-refractivity contribution in [3.8, 4) is 0 Å². The second-order valence-electron chi connectivity index (χ2n) is 8.10. The molecule has 2 atom stereocenters. The summed E-state index contributed by atoms with van der Waals surface area (Å²) in [7, 11) is -2.37. The van der Waals surface area contributed by atoms with Gasteiger partial charge in [-0.15, -0.1) is 14.3 Å². The first-order valence-electron chi connectivity index (χ1n) is 7.13. The van der Waals surface area contributed by atoms with Crippen LogP contribution in [0.2, 0.25) is 0 Å². The molecule has 112 valence electrons. The minimum absolute atomic E-state index is 0. The lowest BCUT2D eigenvalue weighted by Crippen LogP contribution is -3.00. The van der Waals surface area contributed by atoms with Crippen LogP contribution in [-0.4, -0.2) is 30.4 Å². The fraction of sp³-hybridized carbons (Fsp3) is 0.625. The summed E-state index contributed by atoms with van der Waals surface area (Å²) in [5.74, 6) is 0. The average molecular weight is 420 g/mol. The van der Waals surface area contributed by atoms with Gasteiger partial charge in [0.1, 0.15) is 0 Å². The Balaban J connectivity index is 0.00000200. The van der Waals surface area contributed by atoms with Crippen LogP contribution < -0.4 is 34.6 Å². The molecule has 0 amide bonds. The first-order valence-corrected chi connectivity index (χ1v) is 11.7. The molecule has 0 saturated heterocycles. The average Bonchev–Trinajstić information content (AvgIpc) is 2.50. The third kappa shape index (κ3) is 2.63. The molecule has 2 radical (unpaired) electrons. The van der Waals surface area contributed by atoms with Crippen molar-refractivity contribution >= 4 is 31.6 Å². The molecule has 2 unspecified atom stereocenters. The zero-order valence-electron chi connectivity index (χ0n) is 14.2. The lowest BCUT2D eigenvalue weighted by Gasteiger charge is -2.44. The van der Waals surface area contributed by atoms with Gasteiger partial charge in [-0.1, -0.05) is 12.1 Å². The molecule has 1 aromatic carbocycles. The Hall–Kier alpha value is 0.875. The molecule has 0 N–H and O–H groups in total. The summed E-state index contributed by atoms with van der Waals surface area (Å²) in [4.78, 5) is 0. The first-order chi connectivity index (χ1) is 8.43. The van der Waals surface area contributed by atoms with E-state index in [9.17, 15) is 0 Å². The largest absolute Gasteiger partial charge is 1.00 e. The van der Waals surface area contributed by atoms with Crippen molar-refractivity contribution in [2.45, 2.75) is 51.9 Å². The quantitative estimate of drug-likeness (QED) is 0.338. The van der Waals surface area contributed by atoms with Gasteiger partial charge >= 0.3 is 0 Å². The molecule has 0 nitrogen and oxygen atoms in total. The summed E-state index contributed by atoms with van der Waals surface area (Å²) in [6.07, 6.45) is 0. The Morgan fingerprint density at radius 3 is 1.30 bits per heavy atom. The molecule has 1 aliphatic heterocycles. The molecule has 0 fully saturated rings. The molecule has 4 heteroatoms. The topological polar surface area (TPSA) is 0 Å². The molecule has 1 aromatic rings. The maximum absolute atomic E-state index is 2.84. The van der Waals surface area contributed by atoms with Gasteiger partial charge in [-0.25, -0.2) is 0 Å². The predicted molar refractivity (Wildman–Crippen MR) is 96.7 cm³/mol. The first kappa shape index (κ1) is 18.9. The van der Waals surface area contributed by atoms with Crippen LogP contribution in [0.5, 0.6) is 0 Å². The molecular weight excluding hydrogens is 392 g/mol. The third-order valence-corrected chi connectivity index (χ3v) is 17.4. The van der Waals surface area contributed by atoms with Crippen LogP contribution in [0.25, 0.3) is 0 Å². The van der Waals surface area contributed by atoms with Crippen LogP contribution in [0.15, 0.2) is 24.3 Å². The fourth-order valence-corrected chi connectivity index (χ4v) is 15.0. The Morgan fingerprint density at radius 1 is 0.750 bits per heavy atom. The van der Waals surface area contributed by atoms with E-state index in [0.29, 0.717) is 10.3 Å². The molecule has 0 saturated carbocycles. The SMILES string of the molecule is CC(C)(C)[P+]1(C)[B-][P+](C)(C(C)(C)C)c2ccccc21.[I-]. The van der Waals surface area contributed by atoms with Crippen LogP contribution in [0, 0.1) is 0 Å². The second kappa shape index (κ2) is 5.50. The van der Waals surface area contributed by atoms with Gasteiger partial charge in [0, 0.05) is 23.6 Å². The van der Waals surface area contributed by atoms with Crippen molar-refractivity contribution < 1.29 is 24.0 Å². The molecule has 0 aromatic heterocycles. The second-order valence-corrected chi connectivity index (χ2v) is 17.0. The van der Waals surface area contributed by atoms with E-state index in [0.717, 1.165) is 0 Å². The molecule has 2 rings (SSSR count). The maximum Gasteiger partial charge on any atom is 0.182 e. The van der Waals surface area contributed by atoms with Crippen LogP contribution in [0.3, 0.4) is 0 Å². The number of benzene rings is 1. The van der Waals surface area contributed by atoms with Gasteiger partial charge in [0.05, 0.1) is 10.6 Å². The van der Waals surface area contributed by atoms with Gasteiger partial charge in [0.25, 0.3) is 0 Å². The standard InChI is InChI=1S/C16H28BP2.HI/c1-15(2,3)18(7)13-11-9-10-12-14(13)19(8,17-18)16(4,5)6;/h9-12H,1-8H3;1H/q+1;/p-1. The van der Waals surface area contributed by atoms with E-state index >= 15 is 0 Å². The van der Waals surface area contributed by atoms with Gasteiger partial charge in [0.15, 0.2) is 6.72 Å². The Kier molecular flexibility index (Phi) is 5.21. The van der Waals surface area contributed by atoms with E-state index in [1.165, 1.54) is 0 Å². The van der Waals surface area contributed by atoms with E-state index in [4.69, 9.17) is 0 Å². The highest BCUT2D eigenvalue weighted by Gasteiger charge is 2.58. The van der Waals surface area contributed by atoms with E-state index in [1.54, 1.807) is 10.6 Å². The number of hydrogen-bond acceptors (Lipinski definition) is 0. The Labute approximate surface area is 144 Å². The summed E-state index contributed by atoms with van der Waals surface area (Å²) < 4.78 is 0. The van der Waals surface area contributed by atoms with Gasteiger partial charge in [-0.05, 0) is 53.7 Å². The van der Waals surface area contributed by atoms with Crippen LogP contribution >= 0.6 is 14.3 Å². The molecule has 0 aliphatic carbocycles. The zero-order valence-corrected chi connectivity index (χ0v) is 18.1. The number of rotatable bonds is 0. The van der Waals surface area contributed by atoms with Gasteiger partial charge in [-0.2, -0.15) is 0 Å². The van der Waals surface area contributed by atoms with Crippen LogP contribution in [0.1, 0.15) is 41.5 Å². The predicted octanol–water partition coefficient (Wildman–Crippen LogP) is 1.38. The van der Waals surface area contributed by atoms with Crippen molar-refractivity contribution in [3.63, 3.8) is 0 Å². The summed E-state index contributed by atoms with van der Waals surface area (Å²) in [6, 6.07) is 9.27. The van der Waals surface area contributed by atoms with Crippen molar-refractivity contribution in [1.29, 1.82) is 0 Å². The summed E-state index contributed by atoms with van der Waals surface area (Å²) in [5.41, 5.74) is 0. The van der Waals surface area contributed by atoms with Gasteiger partial charge in [-0.3, -0.25) is 0 Å². The molecule has 1 heterocycles. The van der Waals surface area contributed by atoms with E-state index in [1.807, 2.05) is 0 Å². The van der Waals surface area contributed by atoms with E-state index in [-0.39, 0.29) is 24.0 Å². The van der Waals surface area contributed by atoms with Gasteiger partial charge < -0.3 is 24.0 Å². The lowest BCUT2D eigenvalue weighted by molar-refractivity contribution is -0.00000455. The van der Waals surface area contributed by atoms with E-state index < -0.39 is 14.3 Å². The summed E-state index contributed by atoms with van der Waals surface area (Å²) in [5, 5.41) is 4.08. The number of hydrogen-bond donors (Lipinski definition) is 0. The maximum atomic E-state index is 2.84. The Bertz CT molecular complexity index is 459. The minimum atomic E-state index is -1.19. The van der Waals surface area contributed by atoms with Crippen molar-refractivity contribution in [2.24, 2.45) is 0 Å². The van der Waals surface area contributed by atoms with Crippen LogP contribution in [0.4, 0.5) is 0 Å². The molecule has 0 bridgehead atoms. The van der Waals surface area contributed by atoms with E-state index in [2.05, 4.69) is 85.9 Å². The molecule has 0 spiro atoms. The fourth-order valence-electron chi connectivity index (χ4n) is 2.91. The van der Waals surface area contributed by atoms with Crippen LogP contribution in [-0.2, 0) is 0 Å². The highest BCUT2D eigenvalue weighted by molar-refractivity contribution is 8.36. The molecule has 1 aliphatic rings. The van der Waals surface area contributed by atoms with Crippen molar-refractivity contribution in [2.75, 3.05) is 13.3 Å².